The SMILES string of the molecule is CSc1ccccc1C(=O)NC1C2CCC(C2)C1C(=O)O. The van der Waals surface area contributed by atoms with Crippen LogP contribution in [0.15, 0.2) is 29.2 Å². The van der Waals surface area contributed by atoms with Crippen LogP contribution in [0.25, 0.3) is 0 Å². The fourth-order valence-corrected chi connectivity index (χ4v) is 4.51. The van der Waals surface area contributed by atoms with Crippen molar-refractivity contribution in [2.45, 2.75) is 30.2 Å². The minimum absolute atomic E-state index is 0.149. The predicted octanol–water partition coefficient (Wildman–Crippen LogP) is 2.64. The van der Waals surface area contributed by atoms with Crippen molar-refractivity contribution in [3.63, 3.8) is 0 Å². The Morgan fingerprint density at radius 3 is 2.67 bits per heavy atom. The first kappa shape index (κ1) is 14.4. The van der Waals surface area contributed by atoms with Gasteiger partial charge in [0.1, 0.15) is 0 Å². The molecule has 1 amide bonds. The molecule has 1 aromatic carbocycles. The van der Waals surface area contributed by atoms with Gasteiger partial charge in [-0.25, -0.2) is 0 Å². The Kier molecular flexibility index (Phi) is 3.93. The lowest BCUT2D eigenvalue weighted by molar-refractivity contribution is -0.144. The number of rotatable bonds is 4. The van der Waals surface area contributed by atoms with Gasteiger partial charge in [0, 0.05) is 10.9 Å². The first-order valence-electron chi connectivity index (χ1n) is 7.28. The first-order valence-corrected chi connectivity index (χ1v) is 8.51. The number of carbonyl (C=O) groups is 2. The molecule has 4 nitrogen and oxygen atoms in total. The molecule has 5 heteroatoms. The average molecular weight is 305 g/mol. The maximum atomic E-state index is 12.5. The smallest absolute Gasteiger partial charge is 0.308 e. The van der Waals surface area contributed by atoms with E-state index < -0.39 is 11.9 Å². The summed E-state index contributed by atoms with van der Waals surface area (Å²) in [5, 5.41) is 12.4. The lowest BCUT2D eigenvalue weighted by Crippen LogP contribution is -2.46. The summed E-state index contributed by atoms with van der Waals surface area (Å²) >= 11 is 1.53. The van der Waals surface area contributed by atoms with Gasteiger partial charge in [-0.1, -0.05) is 12.1 Å². The van der Waals surface area contributed by atoms with Crippen LogP contribution in [0.5, 0.6) is 0 Å². The van der Waals surface area contributed by atoms with Crippen molar-refractivity contribution in [3.8, 4) is 0 Å². The van der Waals surface area contributed by atoms with E-state index in [1.165, 1.54) is 11.8 Å². The van der Waals surface area contributed by atoms with Gasteiger partial charge in [0.2, 0.25) is 0 Å². The first-order chi connectivity index (χ1) is 10.1. The van der Waals surface area contributed by atoms with Crippen molar-refractivity contribution in [3.05, 3.63) is 29.8 Å². The van der Waals surface area contributed by atoms with Gasteiger partial charge in [-0.3, -0.25) is 9.59 Å². The summed E-state index contributed by atoms with van der Waals surface area (Å²) < 4.78 is 0. The third kappa shape index (κ3) is 2.55. The Labute approximate surface area is 128 Å². The summed E-state index contributed by atoms with van der Waals surface area (Å²) in [5.74, 6) is -0.793. The van der Waals surface area contributed by atoms with E-state index in [2.05, 4.69) is 5.32 Å². The van der Waals surface area contributed by atoms with Gasteiger partial charge in [-0.2, -0.15) is 0 Å². The summed E-state index contributed by atoms with van der Waals surface area (Å²) in [5.41, 5.74) is 0.636. The summed E-state index contributed by atoms with van der Waals surface area (Å²) in [7, 11) is 0. The molecule has 0 saturated heterocycles. The molecule has 2 bridgehead atoms. The van der Waals surface area contributed by atoms with E-state index in [9.17, 15) is 14.7 Å². The molecule has 21 heavy (non-hydrogen) atoms. The molecule has 4 atom stereocenters. The molecule has 0 aliphatic heterocycles. The van der Waals surface area contributed by atoms with E-state index >= 15 is 0 Å². The number of hydrogen-bond acceptors (Lipinski definition) is 3. The number of nitrogens with one attached hydrogen (secondary N) is 1. The molecule has 2 aliphatic carbocycles. The summed E-state index contributed by atoms with van der Waals surface area (Å²) in [6, 6.07) is 7.23. The number of benzene rings is 1. The molecule has 0 heterocycles. The van der Waals surface area contributed by atoms with Crippen molar-refractivity contribution in [2.24, 2.45) is 17.8 Å². The molecule has 112 valence electrons. The molecular formula is C16H19NO3S. The lowest BCUT2D eigenvalue weighted by Gasteiger charge is -2.29. The van der Waals surface area contributed by atoms with Crippen molar-refractivity contribution >= 4 is 23.6 Å². The average Bonchev–Trinajstić information content (AvgIpc) is 3.08. The highest BCUT2D eigenvalue weighted by Crippen LogP contribution is 2.48. The Morgan fingerprint density at radius 1 is 1.24 bits per heavy atom. The molecule has 4 unspecified atom stereocenters. The molecule has 0 radical (unpaired) electrons. The molecular weight excluding hydrogens is 286 g/mol. The maximum absolute atomic E-state index is 12.5. The topological polar surface area (TPSA) is 66.4 Å². The third-order valence-corrected chi connectivity index (χ3v) is 5.65. The molecule has 2 N–H and O–H groups in total. The lowest BCUT2D eigenvalue weighted by atomic mass is 9.84. The van der Waals surface area contributed by atoms with Crippen LogP contribution in [0.3, 0.4) is 0 Å². The van der Waals surface area contributed by atoms with E-state index in [1.807, 2.05) is 24.5 Å². The van der Waals surface area contributed by atoms with Crippen molar-refractivity contribution in [2.75, 3.05) is 6.26 Å². The van der Waals surface area contributed by atoms with Crippen LogP contribution >= 0.6 is 11.8 Å². The van der Waals surface area contributed by atoms with Crippen LogP contribution < -0.4 is 5.32 Å². The van der Waals surface area contributed by atoms with Crippen LogP contribution in [0, 0.1) is 17.8 Å². The Bertz CT molecular complexity index is 574. The third-order valence-electron chi connectivity index (χ3n) is 4.85. The predicted molar refractivity (Wildman–Crippen MR) is 81.4 cm³/mol. The fourth-order valence-electron chi connectivity index (χ4n) is 3.92. The van der Waals surface area contributed by atoms with Crippen molar-refractivity contribution in [1.29, 1.82) is 0 Å². The number of thioether (sulfide) groups is 1. The second-order valence-electron chi connectivity index (χ2n) is 5.90. The minimum atomic E-state index is -0.773. The van der Waals surface area contributed by atoms with Gasteiger partial charge in [-0.05, 0) is 49.5 Å². The number of carbonyl (C=O) groups excluding carboxylic acids is 1. The van der Waals surface area contributed by atoms with E-state index in [0.717, 1.165) is 24.2 Å². The molecule has 0 aromatic heterocycles. The Morgan fingerprint density at radius 2 is 1.95 bits per heavy atom. The second-order valence-corrected chi connectivity index (χ2v) is 6.74. The van der Waals surface area contributed by atoms with Crippen LogP contribution in [-0.4, -0.2) is 29.3 Å². The number of amides is 1. The highest BCUT2D eigenvalue weighted by molar-refractivity contribution is 7.98. The van der Waals surface area contributed by atoms with Gasteiger partial charge in [0.25, 0.3) is 5.91 Å². The van der Waals surface area contributed by atoms with Crippen LogP contribution in [-0.2, 0) is 4.79 Å². The number of fused-ring (bicyclic) bond motifs is 2. The van der Waals surface area contributed by atoms with Crippen molar-refractivity contribution < 1.29 is 14.7 Å². The zero-order valence-electron chi connectivity index (χ0n) is 11.9. The van der Waals surface area contributed by atoms with Crippen LogP contribution in [0.4, 0.5) is 0 Å². The summed E-state index contributed by atoms with van der Waals surface area (Å²) in [4.78, 5) is 24.9. The minimum Gasteiger partial charge on any atom is -0.481 e. The van der Waals surface area contributed by atoms with Gasteiger partial charge >= 0.3 is 5.97 Å². The van der Waals surface area contributed by atoms with Crippen LogP contribution in [0.2, 0.25) is 0 Å². The maximum Gasteiger partial charge on any atom is 0.308 e. The highest BCUT2D eigenvalue weighted by Gasteiger charge is 2.51. The van der Waals surface area contributed by atoms with E-state index in [-0.39, 0.29) is 17.9 Å². The summed E-state index contributed by atoms with van der Waals surface area (Å²) in [6.45, 7) is 0. The molecule has 2 aliphatic rings. The van der Waals surface area contributed by atoms with E-state index in [0.29, 0.717) is 11.5 Å². The molecule has 2 saturated carbocycles. The monoisotopic (exact) mass is 305 g/mol. The van der Waals surface area contributed by atoms with Gasteiger partial charge in [-0.15, -0.1) is 11.8 Å². The van der Waals surface area contributed by atoms with Crippen molar-refractivity contribution in [1.82, 2.24) is 5.32 Å². The summed E-state index contributed by atoms with van der Waals surface area (Å²) in [6.07, 6.45) is 4.88. The largest absolute Gasteiger partial charge is 0.481 e. The van der Waals surface area contributed by atoms with E-state index in [1.54, 1.807) is 6.07 Å². The number of aliphatic carboxylic acids is 1. The zero-order valence-corrected chi connectivity index (χ0v) is 12.7. The van der Waals surface area contributed by atoms with Gasteiger partial charge < -0.3 is 10.4 Å². The number of carboxylic acids is 1. The normalized spacial score (nSPS) is 30.3. The van der Waals surface area contributed by atoms with E-state index in [4.69, 9.17) is 0 Å². The van der Waals surface area contributed by atoms with Gasteiger partial charge in [0.15, 0.2) is 0 Å². The second kappa shape index (κ2) is 5.72. The zero-order chi connectivity index (χ0) is 15.0. The highest BCUT2D eigenvalue weighted by atomic mass is 32.2. The molecule has 0 spiro atoms. The van der Waals surface area contributed by atoms with Gasteiger partial charge in [0.05, 0.1) is 11.5 Å². The number of carboxylic acid groups (broad SMARTS) is 1. The molecule has 3 rings (SSSR count). The number of hydrogen-bond donors (Lipinski definition) is 2. The molecule has 2 fully saturated rings. The Balaban J connectivity index is 1.79. The quantitative estimate of drug-likeness (QED) is 0.839. The fraction of sp³-hybridized carbons (Fsp3) is 0.500. The molecule has 1 aromatic rings. The Hall–Kier alpha value is -1.49. The van der Waals surface area contributed by atoms with Crippen LogP contribution in [0.1, 0.15) is 29.6 Å². The standard InChI is InChI=1S/C16H19NO3S/c1-21-12-5-3-2-4-11(12)15(18)17-14-10-7-6-9(8-10)13(14)16(19)20/h2-5,9-10,13-14H,6-8H2,1H3,(H,17,18)(H,19,20).